The zero-order chi connectivity index (χ0) is 22.4. The fraction of sp³-hybridized carbons (Fsp3) is 0.333. The Morgan fingerprint density at radius 3 is 2.42 bits per heavy atom. The Morgan fingerprint density at radius 2 is 1.71 bits per heavy atom. The van der Waals surface area contributed by atoms with E-state index in [-0.39, 0.29) is 23.2 Å². The zero-order valence-electron chi connectivity index (χ0n) is 16.7. The van der Waals surface area contributed by atoms with Crippen LogP contribution in [0.25, 0.3) is 0 Å². The lowest BCUT2D eigenvalue weighted by atomic mass is 10.0. The Balaban J connectivity index is 1.58. The fourth-order valence-corrected chi connectivity index (χ4v) is 5.22. The third-order valence-corrected chi connectivity index (χ3v) is 7.05. The van der Waals surface area contributed by atoms with Gasteiger partial charge in [0.25, 0.3) is 0 Å². The van der Waals surface area contributed by atoms with Crippen molar-refractivity contribution in [2.45, 2.75) is 36.6 Å². The van der Waals surface area contributed by atoms with E-state index >= 15 is 0 Å². The number of para-hydroxylation sites is 1. The molecule has 2 aromatic carbocycles. The molecule has 1 saturated heterocycles. The summed E-state index contributed by atoms with van der Waals surface area (Å²) in [4.78, 5) is 24.0. The number of anilines is 1. The highest BCUT2D eigenvalue weighted by Crippen LogP contribution is 2.27. The van der Waals surface area contributed by atoms with Gasteiger partial charge in [-0.2, -0.15) is 4.31 Å². The molecule has 31 heavy (non-hydrogen) atoms. The van der Waals surface area contributed by atoms with E-state index < -0.39 is 33.5 Å². The lowest BCUT2D eigenvalue weighted by Gasteiger charge is -2.34. The van der Waals surface area contributed by atoms with Gasteiger partial charge in [-0.25, -0.2) is 17.2 Å². The molecule has 1 aliphatic heterocycles. The van der Waals surface area contributed by atoms with Gasteiger partial charge in [-0.1, -0.05) is 18.6 Å². The van der Waals surface area contributed by atoms with Crippen LogP contribution in [0.4, 0.5) is 14.5 Å². The minimum Gasteiger partial charge on any atom is -0.348 e. The first kappa shape index (κ1) is 22.8. The van der Waals surface area contributed by atoms with Crippen molar-refractivity contribution in [2.24, 2.45) is 0 Å². The summed E-state index contributed by atoms with van der Waals surface area (Å²) in [6.07, 6.45) is 2.45. The predicted molar refractivity (Wildman–Crippen MR) is 111 cm³/mol. The number of rotatable bonds is 6. The average molecular weight is 451 g/mol. The molecule has 0 spiro atoms. The topological polar surface area (TPSA) is 95.6 Å². The van der Waals surface area contributed by atoms with Crippen LogP contribution in [0.3, 0.4) is 0 Å². The summed E-state index contributed by atoms with van der Waals surface area (Å²) in [5, 5.41) is 4.64. The third-order valence-electron chi connectivity index (χ3n) is 5.08. The van der Waals surface area contributed by atoms with E-state index in [4.69, 9.17) is 0 Å². The van der Waals surface area contributed by atoms with Crippen LogP contribution < -0.4 is 10.6 Å². The summed E-state index contributed by atoms with van der Waals surface area (Å²) in [5.74, 6) is -3.13. The molecule has 1 fully saturated rings. The predicted octanol–water partition coefficient (Wildman–Crippen LogP) is 2.65. The van der Waals surface area contributed by atoms with Crippen LogP contribution in [0, 0.1) is 11.6 Å². The van der Waals surface area contributed by atoms with E-state index in [1.54, 1.807) is 0 Å². The van der Waals surface area contributed by atoms with Crippen molar-refractivity contribution in [3.63, 3.8) is 0 Å². The first-order valence-electron chi connectivity index (χ1n) is 9.90. The number of amides is 2. The number of hydrogen-bond acceptors (Lipinski definition) is 4. The molecule has 3 rings (SSSR count). The van der Waals surface area contributed by atoms with Crippen LogP contribution in [0.1, 0.15) is 25.7 Å². The van der Waals surface area contributed by atoms with E-state index in [0.717, 1.165) is 24.6 Å². The second-order valence-electron chi connectivity index (χ2n) is 7.20. The van der Waals surface area contributed by atoms with Crippen molar-refractivity contribution < 1.29 is 26.8 Å². The van der Waals surface area contributed by atoms with Crippen LogP contribution in [0.2, 0.25) is 0 Å². The van der Waals surface area contributed by atoms with E-state index in [1.807, 2.05) is 0 Å². The molecule has 2 amide bonds. The summed E-state index contributed by atoms with van der Waals surface area (Å²) in [7, 11) is -3.81. The van der Waals surface area contributed by atoms with Gasteiger partial charge in [0.2, 0.25) is 10.0 Å². The molecule has 2 aromatic rings. The molecule has 0 aliphatic carbocycles. The highest BCUT2D eigenvalue weighted by molar-refractivity contribution is 7.89. The van der Waals surface area contributed by atoms with Crippen molar-refractivity contribution in [3.05, 3.63) is 60.2 Å². The van der Waals surface area contributed by atoms with Crippen LogP contribution in [-0.4, -0.2) is 43.7 Å². The molecule has 0 radical (unpaired) electrons. The maximum atomic E-state index is 13.6. The minimum absolute atomic E-state index is 0.00843. The maximum absolute atomic E-state index is 13.6. The van der Waals surface area contributed by atoms with E-state index in [2.05, 4.69) is 10.6 Å². The van der Waals surface area contributed by atoms with Crippen molar-refractivity contribution in [2.75, 3.05) is 18.4 Å². The summed E-state index contributed by atoms with van der Waals surface area (Å²) in [6, 6.07) is 9.76. The Kier molecular flexibility index (Phi) is 7.34. The molecular weight excluding hydrogens is 428 g/mol. The number of halogens is 2. The molecule has 0 bridgehead atoms. The van der Waals surface area contributed by atoms with Crippen molar-refractivity contribution in [1.82, 2.24) is 9.62 Å². The Hall–Kier alpha value is -2.85. The first-order chi connectivity index (χ1) is 14.8. The standard InChI is InChI=1S/C21H23F2N3O4S/c22-15-8-10-17(11-9-15)31(29,30)26-14-4-3-5-16(26)12-13-24-20(27)21(28)25-19-7-2-1-6-18(19)23/h1-2,6-11,16H,3-5,12-14H2,(H,24,27)(H,25,28)/t16-/m1/s1. The number of carbonyl (C=O) groups excluding carboxylic acids is 2. The lowest BCUT2D eigenvalue weighted by molar-refractivity contribution is -0.136. The van der Waals surface area contributed by atoms with E-state index in [9.17, 15) is 26.8 Å². The number of nitrogens with zero attached hydrogens (tertiary/aromatic N) is 1. The molecule has 10 heteroatoms. The van der Waals surface area contributed by atoms with Crippen molar-refractivity contribution in [1.29, 1.82) is 0 Å². The van der Waals surface area contributed by atoms with Crippen LogP contribution in [0.5, 0.6) is 0 Å². The normalized spacial score (nSPS) is 17.2. The molecule has 2 N–H and O–H groups in total. The van der Waals surface area contributed by atoms with Gasteiger partial charge in [-0.05, 0) is 55.7 Å². The number of sulfonamides is 1. The molecule has 1 heterocycles. The molecule has 0 aromatic heterocycles. The minimum atomic E-state index is -3.81. The van der Waals surface area contributed by atoms with Gasteiger partial charge in [-0.15, -0.1) is 0 Å². The van der Waals surface area contributed by atoms with Crippen LogP contribution in [-0.2, 0) is 19.6 Å². The SMILES string of the molecule is O=C(NCC[C@H]1CCCCN1S(=O)(=O)c1ccc(F)cc1)C(=O)Nc1ccccc1F. The molecule has 166 valence electrons. The fourth-order valence-electron chi connectivity index (χ4n) is 3.50. The lowest BCUT2D eigenvalue weighted by Crippen LogP contribution is -2.45. The smallest absolute Gasteiger partial charge is 0.313 e. The number of piperidine rings is 1. The number of hydrogen-bond donors (Lipinski definition) is 2. The van der Waals surface area contributed by atoms with Crippen molar-refractivity contribution in [3.8, 4) is 0 Å². The summed E-state index contributed by atoms with van der Waals surface area (Å²) in [5.41, 5.74) is -0.105. The number of nitrogens with one attached hydrogen (secondary N) is 2. The zero-order valence-corrected chi connectivity index (χ0v) is 17.5. The average Bonchev–Trinajstić information content (AvgIpc) is 2.76. The molecule has 1 aliphatic rings. The Bertz CT molecular complexity index is 1040. The summed E-state index contributed by atoms with van der Waals surface area (Å²) >= 11 is 0. The van der Waals surface area contributed by atoms with Gasteiger partial charge in [0.1, 0.15) is 11.6 Å². The van der Waals surface area contributed by atoms with E-state index in [1.165, 1.54) is 34.6 Å². The largest absolute Gasteiger partial charge is 0.348 e. The van der Waals surface area contributed by atoms with Gasteiger partial charge in [0, 0.05) is 19.1 Å². The molecule has 0 unspecified atom stereocenters. The van der Waals surface area contributed by atoms with Crippen molar-refractivity contribution >= 4 is 27.5 Å². The first-order valence-corrected chi connectivity index (χ1v) is 11.3. The summed E-state index contributed by atoms with van der Waals surface area (Å²) < 4.78 is 54.1. The van der Waals surface area contributed by atoms with E-state index in [0.29, 0.717) is 25.8 Å². The van der Waals surface area contributed by atoms with Gasteiger partial charge in [0.15, 0.2) is 0 Å². The maximum Gasteiger partial charge on any atom is 0.313 e. The van der Waals surface area contributed by atoms with Crippen LogP contribution in [0.15, 0.2) is 53.4 Å². The third kappa shape index (κ3) is 5.65. The second kappa shape index (κ2) is 9.97. The van der Waals surface area contributed by atoms with Crippen LogP contribution >= 0.6 is 0 Å². The second-order valence-corrected chi connectivity index (χ2v) is 9.09. The van der Waals surface area contributed by atoms with Gasteiger partial charge < -0.3 is 10.6 Å². The summed E-state index contributed by atoms with van der Waals surface area (Å²) in [6.45, 7) is 0.399. The Morgan fingerprint density at radius 1 is 1.00 bits per heavy atom. The molecular formula is C21H23F2N3O4S. The number of benzene rings is 2. The van der Waals surface area contributed by atoms with Gasteiger partial charge in [-0.3, -0.25) is 9.59 Å². The molecule has 7 nitrogen and oxygen atoms in total. The monoisotopic (exact) mass is 451 g/mol. The van der Waals surface area contributed by atoms with Gasteiger partial charge in [0.05, 0.1) is 10.6 Å². The Labute approximate surface area is 179 Å². The molecule has 0 saturated carbocycles. The quantitative estimate of drug-likeness (QED) is 0.660. The molecule has 1 atom stereocenters. The highest BCUT2D eigenvalue weighted by atomic mass is 32.2. The van der Waals surface area contributed by atoms with Gasteiger partial charge >= 0.3 is 11.8 Å². The highest BCUT2D eigenvalue weighted by Gasteiger charge is 2.33. The number of carbonyl (C=O) groups is 2.